The molecule has 0 unspecified atom stereocenters. The number of hydrogen-bond acceptors (Lipinski definition) is 5. The molecule has 0 bridgehead atoms. The molecule has 0 radical (unpaired) electrons. The van der Waals surface area contributed by atoms with E-state index in [9.17, 15) is 8.42 Å². The van der Waals surface area contributed by atoms with Crippen molar-refractivity contribution in [1.82, 2.24) is 9.71 Å². The number of rotatable bonds is 4. The minimum atomic E-state index is -3.74. The van der Waals surface area contributed by atoms with Gasteiger partial charge >= 0.3 is 0 Å². The zero-order valence-electron chi connectivity index (χ0n) is 11.4. The van der Waals surface area contributed by atoms with Crippen LogP contribution in [0.4, 0.5) is 5.69 Å². The number of hydrogen-bond donors (Lipinski definition) is 2. The van der Waals surface area contributed by atoms with Crippen LogP contribution in [0, 0.1) is 18.3 Å². The predicted octanol–water partition coefficient (Wildman–Crippen LogP) is 1.32. The topological polar surface area (TPSA) is 109 Å². The number of benzene rings is 1. The van der Waals surface area contributed by atoms with E-state index >= 15 is 0 Å². The molecule has 0 spiro atoms. The Morgan fingerprint density at radius 3 is 2.67 bits per heavy atom. The fourth-order valence-electron chi connectivity index (χ4n) is 1.72. The highest BCUT2D eigenvalue weighted by Gasteiger charge is 2.17. The Kier molecular flexibility index (Phi) is 4.21. The summed E-state index contributed by atoms with van der Waals surface area (Å²) in [4.78, 5) is 4.06. The summed E-state index contributed by atoms with van der Waals surface area (Å²) >= 11 is 0. The highest BCUT2D eigenvalue weighted by Crippen LogP contribution is 2.19. The number of aromatic nitrogens is 1. The highest BCUT2D eigenvalue weighted by atomic mass is 32.2. The monoisotopic (exact) mass is 302 g/mol. The van der Waals surface area contributed by atoms with Gasteiger partial charge in [0, 0.05) is 18.4 Å². The largest absolute Gasteiger partial charge is 0.398 e. The fourth-order valence-corrected chi connectivity index (χ4v) is 2.85. The van der Waals surface area contributed by atoms with E-state index in [-0.39, 0.29) is 17.1 Å². The SMILES string of the molecule is Cc1ccc(CNS(=O)(=O)c2ccc(C#N)cc2N)cn1. The van der Waals surface area contributed by atoms with Gasteiger partial charge in [0.2, 0.25) is 10.0 Å². The lowest BCUT2D eigenvalue weighted by molar-refractivity contribution is 0.581. The van der Waals surface area contributed by atoms with E-state index in [1.54, 1.807) is 18.3 Å². The summed E-state index contributed by atoms with van der Waals surface area (Å²) in [6, 6.07) is 9.58. The number of nitrogen functional groups attached to an aromatic ring is 1. The third kappa shape index (κ3) is 3.56. The van der Waals surface area contributed by atoms with E-state index in [0.29, 0.717) is 5.56 Å². The van der Waals surface area contributed by atoms with Crippen LogP contribution in [0.1, 0.15) is 16.8 Å². The molecule has 7 heteroatoms. The van der Waals surface area contributed by atoms with Crippen molar-refractivity contribution in [2.75, 3.05) is 5.73 Å². The van der Waals surface area contributed by atoms with Gasteiger partial charge in [0.1, 0.15) is 4.90 Å². The molecule has 21 heavy (non-hydrogen) atoms. The molecule has 6 nitrogen and oxygen atoms in total. The van der Waals surface area contributed by atoms with Gasteiger partial charge in [0.05, 0.1) is 17.3 Å². The molecule has 0 aliphatic heterocycles. The Hall–Kier alpha value is -2.43. The quantitative estimate of drug-likeness (QED) is 0.828. The third-order valence-electron chi connectivity index (χ3n) is 2.87. The lowest BCUT2D eigenvalue weighted by atomic mass is 10.2. The standard InChI is InChI=1S/C14H14N4O2S/c1-10-2-3-12(8-17-10)9-18-21(19,20)14-5-4-11(7-15)6-13(14)16/h2-6,8,18H,9,16H2,1H3. The van der Waals surface area contributed by atoms with Gasteiger partial charge in [-0.1, -0.05) is 6.07 Å². The Balaban J connectivity index is 2.19. The van der Waals surface area contributed by atoms with E-state index in [4.69, 9.17) is 11.0 Å². The van der Waals surface area contributed by atoms with Crippen LogP contribution < -0.4 is 10.5 Å². The summed E-state index contributed by atoms with van der Waals surface area (Å²) in [5.74, 6) is 0. The first-order valence-corrected chi connectivity index (χ1v) is 7.61. The second-order valence-corrected chi connectivity index (χ2v) is 6.23. The minimum Gasteiger partial charge on any atom is -0.398 e. The van der Waals surface area contributed by atoms with Crippen molar-refractivity contribution in [3.63, 3.8) is 0 Å². The van der Waals surface area contributed by atoms with Gasteiger partial charge in [0.25, 0.3) is 0 Å². The molecule has 0 atom stereocenters. The first kappa shape index (κ1) is 15.0. The van der Waals surface area contributed by atoms with Crippen LogP contribution in [0.15, 0.2) is 41.4 Å². The second-order valence-electron chi connectivity index (χ2n) is 4.50. The first-order chi connectivity index (χ1) is 9.92. The third-order valence-corrected chi connectivity index (χ3v) is 4.34. The van der Waals surface area contributed by atoms with Crippen LogP contribution in [-0.4, -0.2) is 13.4 Å². The molecule has 1 aromatic heterocycles. The van der Waals surface area contributed by atoms with Gasteiger partial charge < -0.3 is 5.73 Å². The Labute approximate surface area is 123 Å². The molecule has 0 fully saturated rings. The average Bonchev–Trinajstić information content (AvgIpc) is 2.46. The van der Waals surface area contributed by atoms with Crippen molar-refractivity contribution in [1.29, 1.82) is 5.26 Å². The Morgan fingerprint density at radius 1 is 1.33 bits per heavy atom. The first-order valence-electron chi connectivity index (χ1n) is 6.13. The lowest BCUT2D eigenvalue weighted by Gasteiger charge is -2.09. The number of nitrogens with zero attached hydrogens (tertiary/aromatic N) is 2. The number of nitrogens with two attached hydrogens (primary N) is 1. The van der Waals surface area contributed by atoms with Crippen LogP contribution >= 0.6 is 0 Å². The van der Waals surface area contributed by atoms with Crippen LogP contribution in [-0.2, 0) is 16.6 Å². The van der Waals surface area contributed by atoms with E-state index in [1.165, 1.54) is 18.2 Å². The molecule has 1 aromatic carbocycles. The van der Waals surface area contributed by atoms with Crippen LogP contribution in [0.3, 0.4) is 0 Å². The van der Waals surface area contributed by atoms with Gasteiger partial charge in [-0.05, 0) is 36.8 Å². The summed E-state index contributed by atoms with van der Waals surface area (Å²) in [6.45, 7) is 1.97. The maximum Gasteiger partial charge on any atom is 0.242 e. The van der Waals surface area contributed by atoms with Crippen molar-refractivity contribution in [3.05, 3.63) is 53.3 Å². The molecule has 0 amide bonds. The number of anilines is 1. The fraction of sp³-hybridized carbons (Fsp3) is 0.143. The van der Waals surface area contributed by atoms with Crippen molar-refractivity contribution < 1.29 is 8.42 Å². The van der Waals surface area contributed by atoms with Gasteiger partial charge in [-0.15, -0.1) is 0 Å². The van der Waals surface area contributed by atoms with Crippen LogP contribution in [0.2, 0.25) is 0 Å². The van der Waals surface area contributed by atoms with Crippen LogP contribution in [0.25, 0.3) is 0 Å². The molecule has 1 heterocycles. The number of sulfonamides is 1. The number of aryl methyl sites for hydroxylation is 1. The number of nitriles is 1. The Morgan fingerprint density at radius 2 is 2.10 bits per heavy atom. The summed E-state index contributed by atoms with van der Waals surface area (Å²) in [7, 11) is -3.74. The summed E-state index contributed by atoms with van der Waals surface area (Å²) in [5, 5.41) is 8.75. The molecule has 108 valence electrons. The highest BCUT2D eigenvalue weighted by molar-refractivity contribution is 7.89. The smallest absolute Gasteiger partial charge is 0.242 e. The molecule has 0 saturated heterocycles. The molecule has 0 saturated carbocycles. The zero-order chi connectivity index (χ0) is 15.5. The summed E-state index contributed by atoms with van der Waals surface area (Å²) in [6.07, 6.45) is 1.61. The maximum atomic E-state index is 12.2. The average molecular weight is 302 g/mol. The molecular weight excluding hydrogens is 288 g/mol. The van der Waals surface area contributed by atoms with Crippen molar-refractivity contribution in [3.8, 4) is 6.07 Å². The minimum absolute atomic E-state index is 0.0402. The number of pyridine rings is 1. The Bertz CT molecular complexity index is 793. The van der Waals surface area contributed by atoms with E-state index < -0.39 is 10.0 Å². The normalized spacial score (nSPS) is 11.0. The van der Waals surface area contributed by atoms with Gasteiger partial charge in [-0.3, -0.25) is 4.98 Å². The van der Waals surface area contributed by atoms with Crippen molar-refractivity contribution >= 4 is 15.7 Å². The summed E-state index contributed by atoms with van der Waals surface area (Å²) in [5.41, 5.74) is 7.65. The zero-order valence-corrected chi connectivity index (χ0v) is 12.2. The van der Waals surface area contributed by atoms with Crippen molar-refractivity contribution in [2.45, 2.75) is 18.4 Å². The van der Waals surface area contributed by atoms with Crippen LogP contribution in [0.5, 0.6) is 0 Å². The van der Waals surface area contributed by atoms with E-state index in [1.807, 2.05) is 13.0 Å². The van der Waals surface area contributed by atoms with E-state index in [2.05, 4.69) is 9.71 Å². The molecule has 2 aromatic rings. The summed E-state index contributed by atoms with van der Waals surface area (Å²) < 4.78 is 26.9. The van der Waals surface area contributed by atoms with E-state index in [0.717, 1.165) is 11.3 Å². The van der Waals surface area contributed by atoms with Crippen molar-refractivity contribution in [2.24, 2.45) is 0 Å². The molecule has 0 aliphatic carbocycles. The molecule has 3 N–H and O–H groups in total. The lowest BCUT2D eigenvalue weighted by Crippen LogP contribution is -2.24. The second kappa shape index (κ2) is 5.91. The van der Waals surface area contributed by atoms with Gasteiger partial charge in [-0.2, -0.15) is 5.26 Å². The predicted molar refractivity (Wildman–Crippen MR) is 78.6 cm³/mol. The molecule has 0 aliphatic rings. The van der Waals surface area contributed by atoms with Gasteiger partial charge in [0.15, 0.2) is 0 Å². The number of nitrogens with one attached hydrogen (secondary N) is 1. The molecular formula is C14H14N4O2S. The molecule has 2 rings (SSSR count). The maximum absolute atomic E-state index is 12.2. The van der Waals surface area contributed by atoms with Gasteiger partial charge in [-0.25, -0.2) is 13.1 Å².